The van der Waals surface area contributed by atoms with E-state index in [4.69, 9.17) is 4.52 Å². The van der Waals surface area contributed by atoms with Gasteiger partial charge >= 0.3 is 0 Å². The van der Waals surface area contributed by atoms with Crippen LogP contribution in [0.2, 0.25) is 0 Å². The van der Waals surface area contributed by atoms with Crippen LogP contribution in [0.3, 0.4) is 0 Å². The zero-order valence-corrected chi connectivity index (χ0v) is 22.1. The molecule has 3 aromatic rings. The predicted molar refractivity (Wildman–Crippen MR) is 143 cm³/mol. The first kappa shape index (κ1) is 26.9. The number of aromatic nitrogens is 1. The summed E-state index contributed by atoms with van der Waals surface area (Å²) in [6.45, 7) is 1.72. The van der Waals surface area contributed by atoms with Gasteiger partial charge in [-0.25, -0.2) is 4.39 Å². The lowest BCUT2D eigenvalue weighted by Gasteiger charge is -2.32. The van der Waals surface area contributed by atoms with Gasteiger partial charge in [0.05, 0.1) is 11.5 Å². The third-order valence-corrected chi connectivity index (χ3v) is 7.84. The lowest BCUT2D eigenvalue weighted by Crippen LogP contribution is -2.47. The molecule has 1 aliphatic rings. The maximum absolute atomic E-state index is 13.7. The van der Waals surface area contributed by atoms with E-state index in [0.717, 1.165) is 43.9 Å². The number of hydrogen-bond donors (Lipinski definition) is 2. The van der Waals surface area contributed by atoms with Gasteiger partial charge in [-0.05, 0) is 55.5 Å². The van der Waals surface area contributed by atoms with E-state index in [1.54, 1.807) is 13.0 Å². The molecule has 2 aromatic heterocycles. The largest absolute Gasteiger partial charge is 0.360 e. The predicted octanol–water partition coefficient (Wildman–Crippen LogP) is 5.08. The van der Waals surface area contributed by atoms with Crippen molar-refractivity contribution in [3.63, 3.8) is 0 Å². The SMILES string of the molecule is Cc1cc(NC(=O)CSCC(=O)N(c2ccc(F)cc2)[C@H](C(=O)NC2CCCCC2)c2cccs2)no1. The maximum atomic E-state index is 13.7. The first-order valence-corrected chi connectivity index (χ1v) is 14.2. The van der Waals surface area contributed by atoms with Gasteiger partial charge in [-0.15, -0.1) is 23.1 Å². The normalized spacial score (nSPS) is 14.6. The number of rotatable bonds is 10. The first-order chi connectivity index (χ1) is 17.9. The molecule has 0 spiro atoms. The van der Waals surface area contributed by atoms with Crippen molar-refractivity contribution in [3.8, 4) is 0 Å². The number of benzene rings is 1. The van der Waals surface area contributed by atoms with Crippen molar-refractivity contribution in [2.75, 3.05) is 21.7 Å². The summed E-state index contributed by atoms with van der Waals surface area (Å²) in [6, 6.07) is 9.92. The van der Waals surface area contributed by atoms with Crippen molar-refractivity contribution in [2.45, 2.75) is 51.1 Å². The Kier molecular flexibility index (Phi) is 9.34. The molecule has 4 rings (SSSR count). The zero-order valence-electron chi connectivity index (χ0n) is 20.4. The second kappa shape index (κ2) is 12.9. The molecule has 1 atom stereocenters. The minimum atomic E-state index is -0.910. The summed E-state index contributed by atoms with van der Waals surface area (Å²) >= 11 is 2.50. The van der Waals surface area contributed by atoms with E-state index >= 15 is 0 Å². The maximum Gasteiger partial charge on any atom is 0.248 e. The van der Waals surface area contributed by atoms with Crippen molar-refractivity contribution in [3.05, 3.63) is 64.3 Å². The molecule has 196 valence electrons. The van der Waals surface area contributed by atoms with Gasteiger partial charge in [-0.1, -0.05) is 30.5 Å². The molecule has 0 unspecified atom stereocenters. The number of amides is 3. The number of thiophene rings is 1. The van der Waals surface area contributed by atoms with E-state index in [2.05, 4.69) is 15.8 Å². The fourth-order valence-electron chi connectivity index (χ4n) is 4.29. The van der Waals surface area contributed by atoms with Crippen LogP contribution in [0, 0.1) is 12.7 Å². The Hall–Kier alpha value is -3.18. The number of halogens is 1. The average molecular weight is 545 g/mol. The molecule has 1 fully saturated rings. The Morgan fingerprint density at radius 1 is 1.16 bits per heavy atom. The van der Waals surface area contributed by atoms with Gasteiger partial charge in [0.15, 0.2) is 5.82 Å². The molecular formula is C26H29FN4O4S2. The minimum Gasteiger partial charge on any atom is -0.360 e. The van der Waals surface area contributed by atoms with Crippen LogP contribution < -0.4 is 15.5 Å². The standard InChI is InChI=1S/C26H29FN4O4S2/c1-17-14-22(30-35-17)29-23(32)15-36-16-24(33)31(20-11-9-18(27)10-12-20)25(21-8-5-13-37-21)26(34)28-19-6-3-2-4-7-19/h5,8-14,19,25H,2-4,6-7,15-16H2,1H3,(H,28,34)(H,29,30,32)/t25-/m0/s1. The topological polar surface area (TPSA) is 105 Å². The minimum absolute atomic E-state index is 0.00679. The van der Waals surface area contributed by atoms with Crippen molar-refractivity contribution in [1.29, 1.82) is 0 Å². The van der Waals surface area contributed by atoms with Gasteiger partial charge in [-0.3, -0.25) is 19.3 Å². The number of anilines is 2. The van der Waals surface area contributed by atoms with E-state index in [1.807, 2.05) is 17.5 Å². The monoisotopic (exact) mass is 544 g/mol. The van der Waals surface area contributed by atoms with Gasteiger partial charge in [0, 0.05) is 22.7 Å². The lowest BCUT2D eigenvalue weighted by atomic mass is 9.95. The molecule has 1 aromatic carbocycles. The summed E-state index contributed by atoms with van der Waals surface area (Å²) in [5.41, 5.74) is 0.409. The number of nitrogens with zero attached hydrogens (tertiary/aromatic N) is 2. The number of carbonyl (C=O) groups excluding carboxylic acids is 3. The molecule has 3 amide bonds. The molecular weight excluding hydrogens is 515 g/mol. The highest BCUT2D eigenvalue weighted by Gasteiger charge is 2.34. The summed E-state index contributed by atoms with van der Waals surface area (Å²) in [6.07, 6.45) is 5.08. The molecule has 0 bridgehead atoms. The Labute approximate surface area is 223 Å². The summed E-state index contributed by atoms with van der Waals surface area (Å²) in [7, 11) is 0. The second-order valence-electron chi connectivity index (χ2n) is 8.87. The quantitative estimate of drug-likeness (QED) is 0.369. The van der Waals surface area contributed by atoms with Gasteiger partial charge in [-0.2, -0.15) is 0 Å². The summed E-state index contributed by atoms with van der Waals surface area (Å²) < 4.78 is 18.7. The summed E-state index contributed by atoms with van der Waals surface area (Å²) in [5.74, 6) is -0.573. The molecule has 11 heteroatoms. The molecule has 0 radical (unpaired) electrons. The number of nitrogens with one attached hydrogen (secondary N) is 2. The Bertz CT molecular complexity index is 1190. The number of thioether (sulfide) groups is 1. The fraction of sp³-hybridized carbons (Fsp3) is 0.385. The van der Waals surface area contributed by atoms with Crippen LogP contribution >= 0.6 is 23.1 Å². The van der Waals surface area contributed by atoms with Crippen LogP contribution in [-0.4, -0.2) is 40.4 Å². The fourth-order valence-corrected chi connectivity index (χ4v) is 5.78. The summed E-state index contributed by atoms with van der Waals surface area (Å²) in [4.78, 5) is 41.6. The Morgan fingerprint density at radius 3 is 2.57 bits per heavy atom. The third kappa shape index (κ3) is 7.42. The lowest BCUT2D eigenvalue weighted by molar-refractivity contribution is -0.126. The smallest absolute Gasteiger partial charge is 0.248 e. The Morgan fingerprint density at radius 2 is 1.92 bits per heavy atom. The van der Waals surface area contributed by atoms with Gasteiger partial charge in [0.1, 0.15) is 17.6 Å². The first-order valence-electron chi connectivity index (χ1n) is 12.1. The Balaban J connectivity index is 1.51. The van der Waals surface area contributed by atoms with Crippen molar-refractivity contribution >= 4 is 52.3 Å². The highest BCUT2D eigenvalue weighted by Crippen LogP contribution is 2.32. The van der Waals surface area contributed by atoms with Crippen molar-refractivity contribution < 1.29 is 23.3 Å². The van der Waals surface area contributed by atoms with E-state index in [1.165, 1.54) is 40.5 Å². The molecule has 8 nitrogen and oxygen atoms in total. The average Bonchev–Trinajstić information content (AvgIpc) is 3.55. The molecule has 1 aliphatic carbocycles. The van der Waals surface area contributed by atoms with Crippen molar-refractivity contribution in [1.82, 2.24) is 10.5 Å². The molecule has 37 heavy (non-hydrogen) atoms. The van der Waals surface area contributed by atoms with Gasteiger partial charge in [0.2, 0.25) is 17.7 Å². The summed E-state index contributed by atoms with van der Waals surface area (Å²) in [5, 5.41) is 11.3. The number of hydrogen-bond acceptors (Lipinski definition) is 7. The van der Waals surface area contributed by atoms with Crippen LogP contribution in [-0.2, 0) is 14.4 Å². The highest BCUT2D eigenvalue weighted by molar-refractivity contribution is 8.00. The number of aryl methyl sites for hydroxylation is 1. The second-order valence-corrected chi connectivity index (χ2v) is 10.8. The van der Waals surface area contributed by atoms with Gasteiger partial charge < -0.3 is 15.2 Å². The van der Waals surface area contributed by atoms with E-state index in [9.17, 15) is 18.8 Å². The molecule has 1 saturated carbocycles. The molecule has 2 heterocycles. The van der Waals surface area contributed by atoms with Crippen LogP contribution in [0.15, 0.2) is 52.4 Å². The van der Waals surface area contributed by atoms with Crippen LogP contribution in [0.25, 0.3) is 0 Å². The number of carbonyl (C=O) groups is 3. The molecule has 2 N–H and O–H groups in total. The van der Waals surface area contributed by atoms with E-state index < -0.39 is 11.9 Å². The molecule has 0 saturated heterocycles. The van der Waals surface area contributed by atoms with Crippen molar-refractivity contribution in [2.24, 2.45) is 0 Å². The van der Waals surface area contributed by atoms with Crippen LogP contribution in [0.5, 0.6) is 0 Å². The third-order valence-electron chi connectivity index (χ3n) is 6.00. The molecule has 0 aliphatic heterocycles. The van der Waals surface area contributed by atoms with Crippen LogP contribution in [0.4, 0.5) is 15.9 Å². The zero-order chi connectivity index (χ0) is 26.2. The van der Waals surface area contributed by atoms with Crippen LogP contribution in [0.1, 0.15) is 48.8 Å². The van der Waals surface area contributed by atoms with E-state index in [0.29, 0.717) is 22.1 Å². The van der Waals surface area contributed by atoms with E-state index in [-0.39, 0.29) is 35.3 Å². The van der Waals surface area contributed by atoms with Gasteiger partial charge in [0.25, 0.3) is 0 Å². The highest BCUT2D eigenvalue weighted by atomic mass is 32.2.